The summed E-state index contributed by atoms with van der Waals surface area (Å²) in [5.41, 5.74) is 0.580. The summed E-state index contributed by atoms with van der Waals surface area (Å²) in [4.78, 5) is 11.3. The van der Waals surface area contributed by atoms with Gasteiger partial charge >= 0.3 is 0 Å². The van der Waals surface area contributed by atoms with Crippen LogP contribution in [-0.4, -0.2) is 39.7 Å². The molecule has 0 radical (unpaired) electrons. The Morgan fingerprint density at radius 2 is 2.08 bits per heavy atom. The van der Waals surface area contributed by atoms with E-state index in [1.165, 1.54) is 24.3 Å². The molecule has 6 rings (SSSR count). The average Bonchev–Trinajstić information content (AvgIpc) is 3.12. The number of pyridine rings is 2. The van der Waals surface area contributed by atoms with Gasteiger partial charge in [0.05, 0.1) is 5.56 Å². The molecule has 2 aromatic carbocycles. The van der Waals surface area contributed by atoms with Gasteiger partial charge in [-0.3, -0.25) is 4.98 Å². The van der Waals surface area contributed by atoms with Crippen molar-refractivity contribution in [3.05, 3.63) is 58.4 Å². The molecule has 2 bridgehead atoms. The second kappa shape index (κ2) is 8.02. The fourth-order valence-electron chi connectivity index (χ4n) is 5.85. The SMILES string of the molecule is C#Cc1c(F)ccc2cc(O)cc(-c3ncc4c(N5CC6CCC(C)(C5)N6)nc(Cl)c(C)c4c3F)c12. The predicted molar refractivity (Wildman–Crippen MR) is 139 cm³/mol. The fraction of sp³-hybridized carbons (Fsp3) is 0.286. The van der Waals surface area contributed by atoms with Crippen molar-refractivity contribution in [1.82, 2.24) is 15.3 Å². The van der Waals surface area contributed by atoms with E-state index in [0.717, 1.165) is 25.9 Å². The third-order valence-electron chi connectivity index (χ3n) is 7.48. The Balaban J connectivity index is 1.61. The third-order valence-corrected chi connectivity index (χ3v) is 7.85. The topological polar surface area (TPSA) is 61.3 Å². The number of piperazine rings is 1. The largest absolute Gasteiger partial charge is 0.508 e. The molecule has 2 N–H and O–H groups in total. The van der Waals surface area contributed by atoms with Crippen LogP contribution in [0.4, 0.5) is 14.6 Å². The van der Waals surface area contributed by atoms with Crippen LogP contribution in [0.15, 0.2) is 30.5 Å². The van der Waals surface area contributed by atoms with Crippen LogP contribution in [-0.2, 0) is 0 Å². The Morgan fingerprint density at radius 1 is 1.28 bits per heavy atom. The van der Waals surface area contributed by atoms with Crippen molar-refractivity contribution in [3.8, 4) is 29.4 Å². The molecule has 2 fully saturated rings. The number of nitrogens with one attached hydrogen (secondary N) is 1. The highest BCUT2D eigenvalue weighted by atomic mass is 35.5. The van der Waals surface area contributed by atoms with Crippen LogP contribution in [0.5, 0.6) is 5.75 Å². The van der Waals surface area contributed by atoms with Crippen LogP contribution in [0.1, 0.15) is 30.9 Å². The van der Waals surface area contributed by atoms with Crippen LogP contribution in [0, 0.1) is 30.9 Å². The summed E-state index contributed by atoms with van der Waals surface area (Å²) in [6.07, 6.45) is 9.32. The number of fused-ring (bicyclic) bond motifs is 4. The zero-order valence-corrected chi connectivity index (χ0v) is 20.5. The van der Waals surface area contributed by atoms with Gasteiger partial charge in [0, 0.05) is 52.6 Å². The summed E-state index contributed by atoms with van der Waals surface area (Å²) < 4.78 is 31.0. The molecule has 2 unspecified atom stereocenters. The van der Waals surface area contributed by atoms with E-state index in [1.807, 2.05) is 0 Å². The highest BCUT2D eigenvalue weighted by Crippen LogP contribution is 2.41. The molecule has 2 aliphatic rings. The Labute approximate surface area is 212 Å². The zero-order chi connectivity index (χ0) is 25.4. The maximum absolute atomic E-state index is 16.4. The molecule has 0 aliphatic carbocycles. The number of anilines is 1. The molecule has 4 heterocycles. The number of benzene rings is 2. The van der Waals surface area contributed by atoms with Gasteiger partial charge in [-0.05, 0) is 55.8 Å². The van der Waals surface area contributed by atoms with Gasteiger partial charge in [0.1, 0.15) is 28.2 Å². The molecule has 182 valence electrons. The Kier molecular flexibility index (Phi) is 5.12. The van der Waals surface area contributed by atoms with Gasteiger partial charge < -0.3 is 15.3 Å². The van der Waals surface area contributed by atoms with Crippen LogP contribution in [0.2, 0.25) is 5.15 Å². The number of terminal acetylenes is 1. The number of rotatable bonds is 2. The zero-order valence-electron chi connectivity index (χ0n) is 19.8. The van der Waals surface area contributed by atoms with E-state index >= 15 is 4.39 Å². The van der Waals surface area contributed by atoms with E-state index in [9.17, 15) is 9.50 Å². The quantitative estimate of drug-likeness (QED) is 0.270. The summed E-state index contributed by atoms with van der Waals surface area (Å²) in [6, 6.07) is 5.87. The van der Waals surface area contributed by atoms with E-state index in [-0.39, 0.29) is 33.3 Å². The molecule has 36 heavy (non-hydrogen) atoms. The van der Waals surface area contributed by atoms with Gasteiger partial charge in [-0.1, -0.05) is 23.6 Å². The van der Waals surface area contributed by atoms with E-state index < -0.39 is 11.6 Å². The molecule has 8 heteroatoms. The van der Waals surface area contributed by atoms with Gasteiger partial charge in [-0.15, -0.1) is 6.42 Å². The lowest BCUT2D eigenvalue weighted by molar-refractivity contribution is 0.349. The number of hydrogen-bond donors (Lipinski definition) is 2. The van der Waals surface area contributed by atoms with Crippen molar-refractivity contribution in [3.63, 3.8) is 0 Å². The molecular weight excluding hydrogens is 482 g/mol. The second-order valence-corrected chi connectivity index (χ2v) is 10.4. The molecule has 2 atom stereocenters. The lowest BCUT2D eigenvalue weighted by Crippen LogP contribution is -2.58. The van der Waals surface area contributed by atoms with Crippen molar-refractivity contribution in [2.75, 3.05) is 18.0 Å². The number of aromatic nitrogens is 2. The number of nitrogens with zero attached hydrogens (tertiary/aromatic N) is 3. The molecule has 4 aromatic rings. The molecule has 5 nitrogen and oxygen atoms in total. The minimum atomic E-state index is -0.626. The summed E-state index contributed by atoms with van der Waals surface area (Å²) in [6.45, 7) is 5.35. The lowest BCUT2D eigenvalue weighted by Gasteiger charge is -2.40. The Bertz CT molecular complexity index is 1630. The third kappa shape index (κ3) is 3.40. The fourth-order valence-corrected chi connectivity index (χ4v) is 6.02. The van der Waals surface area contributed by atoms with Gasteiger partial charge in [0.15, 0.2) is 5.82 Å². The number of hydrogen-bond acceptors (Lipinski definition) is 5. The van der Waals surface area contributed by atoms with Gasteiger partial charge in [-0.2, -0.15) is 0 Å². The lowest BCUT2D eigenvalue weighted by atomic mass is 9.95. The van der Waals surface area contributed by atoms with Crippen LogP contribution >= 0.6 is 11.6 Å². The van der Waals surface area contributed by atoms with Crippen LogP contribution < -0.4 is 10.2 Å². The summed E-state index contributed by atoms with van der Waals surface area (Å²) >= 11 is 6.54. The maximum Gasteiger partial charge on any atom is 0.157 e. The first-order valence-electron chi connectivity index (χ1n) is 11.8. The number of phenols is 1. The van der Waals surface area contributed by atoms with Crippen LogP contribution in [0.25, 0.3) is 32.8 Å². The van der Waals surface area contributed by atoms with E-state index in [2.05, 4.69) is 33.0 Å². The number of aromatic hydroxyl groups is 1. The monoisotopic (exact) mass is 504 g/mol. The van der Waals surface area contributed by atoms with Crippen molar-refractivity contribution >= 4 is 39.0 Å². The first kappa shape index (κ1) is 23.0. The molecule has 2 aromatic heterocycles. The smallest absolute Gasteiger partial charge is 0.157 e. The minimum Gasteiger partial charge on any atom is -0.508 e. The van der Waals surface area contributed by atoms with Crippen molar-refractivity contribution in [2.24, 2.45) is 0 Å². The van der Waals surface area contributed by atoms with E-state index in [4.69, 9.17) is 18.0 Å². The molecule has 0 amide bonds. The molecule has 2 aliphatic heterocycles. The highest BCUT2D eigenvalue weighted by molar-refractivity contribution is 6.31. The standard InChI is InChI=1S/C28H23ClF2N4O/c1-4-18-21(30)6-5-15-9-17(36)10-19(23(15)18)25-24(31)22-14(2)26(29)33-27(20(22)11-32-25)35-12-16-7-8-28(3,13-35)34-16/h1,5-6,9-11,16,34,36H,7-8,12-13H2,2-3H3. The van der Waals surface area contributed by atoms with Crippen LogP contribution in [0.3, 0.4) is 0 Å². The number of phenolic OH excluding ortho intramolecular Hbond substituents is 1. The average molecular weight is 505 g/mol. The summed E-state index contributed by atoms with van der Waals surface area (Å²) in [5.74, 6) is 1.62. The normalized spacial score (nSPS) is 21.3. The van der Waals surface area contributed by atoms with Gasteiger partial charge in [0.25, 0.3) is 0 Å². The molecule has 2 saturated heterocycles. The van der Waals surface area contributed by atoms with E-state index in [0.29, 0.717) is 39.0 Å². The van der Waals surface area contributed by atoms with Crippen molar-refractivity contribution in [2.45, 2.75) is 38.3 Å². The predicted octanol–water partition coefficient (Wildman–Crippen LogP) is 5.71. The minimum absolute atomic E-state index is 0.0153. The molecule has 0 spiro atoms. The molecular formula is C28H23ClF2N4O. The number of aryl methyl sites for hydroxylation is 1. The summed E-state index contributed by atoms with van der Waals surface area (Å²) in [7, 11) is 0. The Hall–Kier alpha value is -3.47. The molecule has 0 saturated carbocycles. The maximum atomic E-state index is 16.4. The first-order valence-corrected chi connectivity index (χ1v) is 12.2. The Morgan fingerprint density at radius 3 is 2.83 bits per heavy atom. The van der Waals surface area contributed by atoms with E-state index in [1.54, 1.807) is 13.1 Å². The van der Waals surface area contributed by atoms with Gasteiger partial charge in [-0.25, -0.2) is 13.8 Å². The second-order valence-electron chi connectivity index (χ2n) is 10.0. The summed E-state index contributed by atoms with van der Waals surface area (Å²) in [5, 5.41) is 15.9. The number of halogens is 3. The first-order chi connectivity index (χ1) is 17.2. The van der Waals surface area contributed by atoms with Crippen molar-refractivity contribution in [1.29, 1.82) is 0 Å². The van der Waals surface area contributed by atoms with Gasteiger partial charge in [0.2, 0.25) is 0 Å². The van der Waals surface area contributed by atoms with Crippen molar-refractivity contribution < 1.29 is 13.9 Å². The highest BCUT2D eigenvalue weighted by Gasteiger charge is 2.42.